The van der Waals surface area contributed by atoms with Gasteiger partial charge in [0, 0.05) is 24.1 Å². The molecule has 0 N–H and O–H groups in total. The summed E-state index contributed by atoms with van der Waals surface area (Å²) in [7, 11) is 1.22. The highest BCUT2D eigenvalue weighted by Crippen LogP contribution is 2.26. The minimum atomic E-state index is -1.05. The first-order valence-electron chi connectivity index (χ1n) is 10.6. The third-order valence-corrected chi connectivity index (χ3v) is 5.67. The summed E-state index contributed by atoms with van der Waals surface area (Å²) in [6.45, 7) is 0. The fourth-order valence-corrected chi connectivity index (χ4v) is 3.98. The van der Waals surface area contributed by atoms with Crippen LogP contribution < -0.4 is 0 Å². The van der Waals surface area contributed by atoms with Gasteiger partial charge in [-0.05, 0) is 33.7 Å². The van der Waals surface area contributed by atoms with Gasteiger partial charge in [0.2, 0.25) is 5.82 Å². The predicted octanol–water partition coefficient (Wildman–Crippen LogP) is 2.49. The molecule has 34 heavy (non-hydrogen) atoms. The molecule has 1 aliphatic rings. The number of carbonyl (C=O) groups excluding carboxylic acids is 3. The summed E-state index contributed by atoms with van der Waals surface area (Å²) in [5.74, 6) is -1.23. The average Bonchev–Trinajstić information content (AvgIpc) is 3.49. The minimum Gasteiger partial charge on any atom is -0.467 e. The van der Waals surface area contributed by atoms with Crippen molar-refractivity contribution in [2.75, 3.05) is 7.11 Å². The lowest BCUT2D eigenvalue weighted by molar-refractivity contribution is -0.155. The van der Waals surface area contributed by atoms with Crippen molar-refractivity contribution in [3.05, 3.63) is 84.4 Å². The summed E-state index contributed by atoms with van der Waals surface area (Å²) in [4.78, 5) is 38.7. The van der Waals surface area contributed by atoms with Crippen LogP contribution in [0.25, 0.3) is 27.8 Å². The van der Waals surface area contributed by atoms with Gasteiger partial charge in [-0.25, -0.2) is 4.79 Å². The lowest BCUT2D eigenvalue weighted by Crippen LogP contribution is -2.46. The van der Waals surface area contributed by atoms with E-state index in [0.29, 0.717) is 11.5 Å². The van der Waals surface area contributed by atoms with Crippen LogP contribution in [-0.4, -0.2) is 56.0 Å². The van der Waals surface area contributed by atoms with Crippen molar-refractivity contribution in [3.63, 3.8) is 0 Å². The van der Waals surface area contributed by atoms with Crippen molar-refractivity contribution >= 4 is 28.6 Å². The van der Waals surface area contributed by atoms with Crippen LogP contribution in [-0.2, 0) is 25.5 Å². The van der Waals surface area contributed by atoms with Gasteiger partial charge in [0.05, 0.1) is 12.8 Å². The summed E-state index contributed by atoms with van der Waals surface area (Å²) in [5.41, 5.74) is 2.30. The number of carbonyl (C=O) groups is 3. The number of nitrogens with zero attached hydrogens (tertiary/aromatic N) is 5. The van der Waals surface area contributed by atoms with E-state index in [0.717, 1.165) is 39.0 Å². The number of amides is 2. The maximum atomic E-state index is 12.3. The Morgan fingerprint density at radius 3 is 2.38 bits per heavy atom. The molecular formula is C25H19N5O4. The number of rotatable bonds is 6. The number of aromatic nitrogens is 4. The van der Waals surface area contributed by atoms with Gasteiger partial charge < -0.3 is 4.74 Å². The van der Waals surface area contributed by atoms with Gasteiger partial charge in [0.15, 0.2) is 0 Å². The van der Waals surface area contributed by atoms with E-state index in [1.807, 2.05) is 42.5 Å². The van der Waals surface area contributed by atoms with E-state index in [4.69, 9.17) is 4.74 Å². The van der Waals surface area contributed by atoms with Crippen LogP contribution in [0.4, 0.5) is 0 Å². The summed E-state index contributed by atoms with van der Waals surface area (Å²) in [6.07, 6.45) is 2.41. The second-order valence-electron chi connectivity index (χ2n) is 7.72. The molecule has 0 fully saturated rings. The largest absolute Gasteiger partial charge is 0.467 e. The Bertz CT molecular complexity index is 1420. The smallest absolute Gasteiger partial charge is 0.329 e. The number of ether oxygens (including phenoxy) is 1. The molecular weight excluding hydrogens is 434 g/mol. The van der Waals surface area contributed by atoms with Crippen molar-refractivity contribution in [1.29, 1.82) is 0 Å². The molecule has 0 unspecified atom stereocenters. The van der Waals surface area contributed by atoms with Crippen molar-refractivity contribution in [2.24, 2.45) is 0 Å². The van der Waals surface area contributed by atoms with Crippen LogP contribution in [0.2, 0.25) is 0 Å². The lowest BCUT2D eigenvalue weighted by Gasteiger charge is -2.23. The number of fused-ring (bicyclic) bond motifs is 1. The Morgan fingerprint density at radius 2 is 1.65 bits per heavy atom. The normalized spacial score (nSPS) is 14.1. The Labute approximate surface area is 194 Å². The zero-order valence-corrected chi connectivity index (χ0v) is 18.2. The SMILES string of the molecule is COC(=O)[C@H](Cc1ccc(-n2nnc(-c3cccc4ccccc34)n2)cc1)N1C(=O)C=CC1=O. The molecule has 0 radical (unpaired) electrons. The van der Waals surface area contributed by atoms with Gasteiger partial charge in [-0.1, -0.05) is 54.6 Å². The Balaban J connectivity index is 1.38. The fraction of sp³-hybridized carbons (Fsp3) is 0.120. The third-order valence-electron chi connectivity index (χ3n) is 5.67. The van der Waals surface area contributed by atoms with E-state index < -0.39 is 23.8 Å². The van der Waals surface area contributed by atoms with Crippen LogP contribution in [0, 0.1) is 0 Å². The van der Waals surface area contributed by atoms with E-state index >= 15 is 0 Å². The number of methoxy groups -OCH3 is 1. The molecule has 2 amide bonds. The number of esters is 1. The maximum Gasteiger partial charge on any atom is 0.329 e. The zero-order valence-electron chi connectivity index (χ0n) is 18.2. The van der Waals surface area contributed by atoms with Crippen molar-refractivity contribution in [1.82, 2.24) is 25.1 Å². The summed E-state index contributed by atoms with van der Waals surface area (Å²) < 4.78 is 4.82. The second kappa shape index (κ2) is 8.70. The van der Waals surface area contributed by atoms with Gasteiger partial charge in [0.25, 0.3) is 11.8 Å². The van der Waals surface area contributed by atoms with Gasteiger partial charge in [-0.3, -0.25) is 14.5 Å². The third kappa shape index (κ3) is 3.83. The predicted molar refractivity (Wildman–Crippen MR) is 123 cm³/mol. The molecule has 9 nitrogen and oxygen atoms in total. The van der Waals surface area contributed by atoms with Crippen LogP contribution in [0.3, 0.4) is 0 Å². The van der Waals surface area contributed by atoms with E-state index in [1.54, 1.807) is 24.3 Å². The van der Waals surface area contributed by atoms with Crippen LogP contribution in [0.1, 0.15) is 5.56 Å². The lowest BCUT2D eigenvalue weighted by atomic mass is 10.0. The molecule has 0 saturated heterocycles. The molecule has 0 aliphatic carbocycles. The van der Waals surface area contributed by atoms with E-state index in [1.165, 1.54) is 11.9 Å². The summed E-state index contributed by atoms with van der Waals surface area (Å²) >= 11 is 0. The molecule has 1 atom stereocenters. The van der Waals surface area contributed by atoms with Gasteiger partial charge in [-0.15, -0.1) is 15.0 Å². The molecule has 0 spiro atoms. The monoisotopic (exact) mass is 453 g/mol. The number of hydrogen-bond donors (Lipinski definition) is 0. The second-order valence-corrected chi connectivity index (χ2v) is 7.72. The highest BCUT2D eigenvalue weighted by Gasteiger charge is 2.36. The molecule has 0 saturated carbocycles. The molecule has 0 bridgehead atoms. The van der Waals surface area contributed by atoms with Crippen LogP contribution >= 0.6 is 0 Å². The van der Waals surface area contributed by atoms with E-state index in [-0.39, 0.29) is 6.42 Å². The Kier molecular flexibility index (Phi) is 5.43. The zero-order chi connectivity index (χ0) is 23.7. The van der Waals surface area contributed by atoms with Gasteiger partial charge in [-0.2, -0.15) is 0 Å². The first-order chi connectivity index (χ1) is 16.5. The quantitative estimate of drug-likeness (QED) is 0.326. The van der Waals surface area contributed by atoms with Crippen LogP contribution in [0.15, 0.2) is 78.9 Å². The number of tetrazole rings is 1. The van der Waals surface area contributed by atoms with Crippen LogP contribution in [0.5, 0.6) is 0 Å². The topological polar surface area (TPSA) is 107 Å². The first kappa shape index (κ1) is 21.2. The summed E-state index contributed by atoms with van der Waals surface area (Å²) in [6, 6.07) is 20.0. The Morgan fingerprint density at radius 1 is 0.941 bits per heavy atom. The first-order valence-corrected chi connectivity index (χ1v) is 10.6. The average molecular weight is 453 g/mol. The van der Waals surface area contributed by atoms with Gasteiger partial charge >= 0.3 is 5.97 Å². The van der Waals surface area contributed by atoms with E-state index in [9.17, 15) is 14.4 Å². The standard InChI is InChI=1S/C25H19N5O4/c1-34-25(33)21(29-22(31)13-14-23(29)32)15-16-9-11-18(12-10-16)30-27-24(26-28-30)20-8-4-6-17-5-2-3-7-19(17)20/h2-14,21H,15H2,1H3/t21-/m0/s1. The Hall–Kier alpha value is -4.66. The molecule has 168 valence electrons. The molecule has 2 heterocycles. The van der Waals surface area contributed by atoms with E-state index in [2.05, 4.69) is 15.4 Å². The molecule has 1 aromatic heterocycles. The molecule has 3 aromatic carbocycles. The maximum absolute atomic E-state index is 12.3. The minimum absolute atomic E-state index is 0.123. The molecule has 1 aliphatic heterocycles. The van der Waals surface area contributed by atoms with Crippen molar-refractivity contribution in [2.45, 2.75) is 12.5 Å². The van der Waals surface area contributed by atoms with Gasteiger partial charge in [0.1, 0.15) is 6.04 Å². The highest BCUT2D eigenvalue weighted by atomic mass is 16.5. The number of hydrogen-bond acceptors (Lipinski definition) is 7. The molecule has 9 heteroatoms. The number of benzene rings is 3. The molecule has 4 aromatic rings. The highest BCUT2D eigenvalue weighted by molar-refractivity contribution is 6.14. The van der Waals surface area contributed by atoms with Crippen molar-refractivity contribution < 1.29 is 19.1 Å². The number of imide groups is 1. The van der Waals surface area contributed by atoms with Crippen molar-refractivity contribution in [3.8, 4) is 17.1 Å². The summed E-state index contributed by atoms with van der Waals surface area (Å²) in [5, 5.41) is 15.1. The fourth-order valence-electron chi connectivity index (χ4n) is 3.98. The molecule has 5 rings (SSSR count).